The van der Waals surface area contributed by atoms with E-state index in [4.69, 9.17) is 4.74 Å². The number of hydrogen-bond acceptors (Lipinski definition) is 4. The van der Waals surface area contributed by atoms with Crippen LogP contribution in [0.25, 0.3) is 0 Å². The van der Waals surface area contributed by atoms with Gasteiger partial charge in [-0.3, -0.25) is 4.79 Å². The summed E-state index contributed by atoms with van der Waals surface area (Å²) >= 11 is 0. The largest absolute Gasteiger partial charge is 1.00 e. The second-order valence-electron chi connectivity index (χ2n) is 5.48. The molecule has 1 fully saturated rings. The molecule has 0 aromatic heterocycles. The van der Waals surface area contributed by atoms with Crippen molar-refractivity contribution in [2.45, 2.75) is 57.8 Å². The summed E-state index contributed by atoms with van der Waals surface area (Å²) in [6.07, 6.45) is 9.90. The Kier molecular flexibility index (Phi) is 12.1. The van der Waals surface area contributed by atoms with Crippen molar-refractivity contribution in [2.75, 3.05) is 6.61 Å². The van der Waals surface area contributed by atoms with Gasteiger partial charge in [0.25, 0.3) is 0 Å². The van der Waals surface area contributed by atoms with E-state index in [0.717, 1.165) is 44.9 Å². The minimum Gasteiger partial charge on any atom is -0.550 e. The number of carbonyl (C=O) groups is 2. The van der Waals surface area contributed by atoms with E-state index in [9.17, 15) is 14.7 Å². The maximum absolute atomic E-state index is 11.9. The monoisotopic (exact) mass is 304 g/mol. The van der Waals surface area contributed by atoms with Gasteiger partial charge in [-0.25, -0.2) is 0 Å². The number of hydrogen-bond donors (Lipinski definition) is 0. The first-order chi connectivity index (χ1) is 9.66. The van der Waals surface area contributed by atoms with Crippen molar-refractivity contribution < 1.29 is 49.0 Å². The third-order valence-corrected chi connectivity index (χ3v) is 3.92. The molecule has 1 rings (SSSR count). The van der Waals surface area contributed by atoms with E-state index in [2.05, 4.69) is 6.58 Å². The number of carbonyl (C=O) groups excluding carboxylic acids is 2. The van der Waals surface area contributed by atoms with Crippen LogP contribution in [0.2, 0.25) is 0 Å². The minimum absolute atomic E-state index is 0. The van der Waals surface area contributed by atoms with Crippen molar-refractivity contribution in [3.8, 4) is 0 Å². The molecule has 0 amide bonds. The number of rotatable bonds is 9. The van der Waals surface area contributed by atoms with Crippen LogP contribution in [0.5, 0.6) is 0 Å². The summed E-state index contributed by atoms with van der Waals surface area (Å²) in [5.41, 5.74) is 0. The molecule has 2 unspecified atom stereocenters. The molecule has 0 bridgehead atoms. The molecule has 0 saturated heterocycles. The molecule has 0 radical (unpaired) electrons. The zero-order chi connectivity index (χ0) is 14.8. The fourth-order valence-electron chi connectivity index (χ4n) is 2.72. The first kappa shape index (κ1) is 20.7. The molecule has 1 aliphatic rings. The van der Waals surface area contributed by atoms with Gasteiger partial charge in [-0.15, -0.1) is 6.58 Å². The summed E-state index contributed by atoms with van der Waals surface area (Å²) < 4.78 is 5.22. The minimum atomic E-state index is -1.11. The van der Waals surface area contributed by atoms with Crippen LogP contribution in [0.3, 0.4) is 0 Å². The number of aliphatic carboxylic acids is 1. The van der Waals surface area contributed by atoms with Gasteiger partial charge in [-0.1, -0.05) is 31.8 Å². The van der Waals surface area contributed by atoms with Gasteiger partial charge >= 0.3 is 35.5 Å². The Labute approximate surface area is 149 Å². The van der Waals surface area contributed by atoms with Crippen molar-refractivity contribution >= 4 is 11.9 Å². The summed E-state index contributed by atoms with van der Waals surface area (Å²) in [5, 5.41) is 11.0. The number of ether oxygens (including phenoxy) is 1. The van der Waals surface area contributed by atoms with E-state index in [1.54, 1.807) is 0 Å². The first-order valence-corrected chi connectivity index (χ1v) is 7.65. The summed E-state index contributed by atoms with van der Waals surface area (Å²) in [6, 6.07) is 0. The SMILES string of the molecule is C=CCCCCCCOC(=O)C1CCCCC1C(=O)[O-].[Na+]. The third-order valence-electron chi connectivity index (χ3n) is 3.92. The predicted molar refractivity (Wildman–Crippen MR) is 74.7 cm³/mol. The first-order valence-electron chi connectivity index (χ1n) is 7.65. The zero-order valence-corrected chi connectivity index (χ0v) is 15.1. The van der Waals surface area contributed by atoms with E-state index in [1.165, 1.54) is 0 Å². The molecule has 0 aromatic carbocycles. The molecule has 0 aliphatic heterocycles. The van der Waals surface area contributed by atoms with E-state index >= 15 is 0 Å². The van der Waals surface area contributed by atoms with Crippen LogP contribution < -0.4 is 34.7 Å². The van der Waals surface area contributed by atoms with Gasteiger partial charge in [0.1, 0.15) is 0 Å². The van der Waals surface area contributed by atoms with Crippen molar-refractivity contribution in [3.63, 3.8) is 0 Å². The van der Waals surface area contributed by atoms with Crippen LogP contribution >= 0.6 is 0 Å². The van der Waals surface area contributed by atoms with Gasteiger partial charge in [-0.05, 0) is 32.1 Å². The average Bonchev–Trinajstić information content (AvgIpc) is 2.46. The molecule has 114 valence electrons. The van der Waals surface area contributed by atoms with Gasteiger partial charge in [-0.2, -0.15) is 0 Å². The zero-order valence-electron chi connectivity index (χ0n) is 13.1. The molecule has 5 heteroatoms. The Hall–Kier alpha value is -0.320. The predicted octanol–water partition coefficient (Wildman–Crippen LogP) is -0.774. The van der Waals surface area contributed by atoms with E-state index in [0.29, 0.717) is 19.4 Å². The van der Waals surface area contributed by atoms with E-state index in [1.807, 2.05) is 6.08 Å². The molecule has 21 heavy (non-hydrogen) atoms. The number of carboxylic acids is 1. The Bertz CT molecular complexity index is 330. The molecular weight excluding hydrogens is 279 g/mol. The van der Waals surface area contributed by atoms with Crippen molar-refractivity contribution in [2.24, 2.45) is 11.8 Å². The second-order valence-corrected chi connectivity index (χ2v) is 5.48. The molecule has 4 nitrogen and oxygen atoms in total. The van der Waals surface area contributed by atoms with Gasteiger partial charge < -0.3 is 14.6 Å². The molecule has 0 spiro atoms. The van der Waals surface area contributed by atoms with Gasteiger partial charge in [0.15, 0.2) is 0 Å². The number of esters is 1. The van der Waals surface area contributed by atoms with Crippen LogP contribution in [-0.2, 0) is 14.3 Å². The Morgan fingerprint density at radius 3 is 2.33 bits per heavy atom. The molecular formula is C16H25NaO4. The third kappa shape index (κ3) is 8.03. The molecule has 0 heterocycles. The molecule has 1 saturated carbocycles. The van der Waals surface area contributed by atoms with Gasteiger partial charge in [0.2, 0.25) is 0 Å². The standard InChI is InChI=1S/C16H26O4.Na/c1-2-3-4-5-6-9-12-20-16(19)14-11-8-7-10-13(14)15(17)18;/h2,13-14H,1,3-12H2,(H,17,18);/q;+1/p-1. The smallest absolute Gasteiger partial charge is 0.550 e. The fraction of sp³-hybridized carbons (Fsp3) is 0.750. The van der Waals surface area contributed by atoms with Crippen molar-refractivity contribution in [3.05, 3.63) is 12.7 Å². The Morgan fingerprint density at radius 1 is 1.10 bits per heavy atom. The number of unbranched alkanes of at least 4 members (excludes halogenated alkanes) is 4. The Balaban J connectivity index is 0.00000400. The number of carboxylic acid groups (broad SMARTS) is 1. The molecule has 0 N–H and O–H groups in total. The van der Waals surface area contributed by atoms with Crippen molar-refractivity contribution in [1.82, 2.24) is 0 Å². The quantitative estimate of drug-likeness (QED) is 0.243. The summed E-state index contributed by atoms with van der Waals surface area (Å²) in [7, 11) is 0. The summed E-state index contributed by atoms with van der Waals surface area (Å²) in [4.78, 5) is 22.9. The van der Waals surface area contributed by atoms with Crippen LogP contribution in [-0.4, -0.2) is 18.5 Å². The maximum Gasteiger partial charge on any atom is 1.00 e. The topological polar surface area (TPSA) is 66.4 Å². The normalized spacial score (nSPS) is 21.1. The Morgan fingerprint density at radius 2 is 1.71 bits per heavy atom. The van der Waals surface area contributed by atoms with Crippen LogP contribution in [0.15, 0.2) is 12.7 Å². The summed E-state index contributed by atoms with van der Waals surface area (Å²) in [5.74, 6) is -2.64. The van der Waals surface area contributed by atoms with E-state index in [-0.39, 0.29) is 35.5 Å². The molecule has 0 aromatic rings. The fourth-order valence-corrected chi connectivity index (χ4v) is 2.72. The second kappa shape index (κ2) is 12.2. The van der Waals surface area contributed by atoms with Crippen LogP contribution in [0.1, 0.15) is 57.8 Å². The average molecular weight is 304 g/mol. The van der Waals surface area contributed by atoms with Gasteiger partial charge in [0.05, 0.1) is 12.5 Å². The van der Waals surface area contributed by atoms with Gasteiger partial charge in [0, 0.05) is 11.9 Å². The van der Waals surface area contributed by atoms with E-state index < -0.39 is 17.8 Å². The summed E-state index contributed by atoms with van der Waals surface area (Å²) in [6.45, 7) is 4.06. The van der Waals surface area contributed by atoms with Crippen LogP contribution in [0.4, 0.5) is 0 Å². The van der Waals surface area contributed by atoms with Crippen molar-refractivity contribution in [1.29, 1.82) is 0 Å². The maximum atomic E-state index is 11.9. The van der Waals surface area contributed by atoms with Crippen LogP contribution in [0, 0.1) is 11.8 Å². The number of allylic oxidation sites excluding steroid dienone is 1. The molecule has 2 atom stereocenters. The molecule has 1 aliphatic carbocycles.